The number of methoxy groups -OCH3 is 1. The number of amides is 1. The number of nitrogen functional groups attached to an aromatic ring is 1. The predicted octanol–water partition coefficient (Wildman–Crippen LogP) is 4.03. The van der Waals surface area contributed by atoms with Gasteiger partial charge in [-0.05, 0) is 55.5 Å². The second kappa shape index (κ2) is 7.57. The molecular formula is C20H19N3O3. The lowest BCUT2D eigenvalue weighted by Gasteiger charge is -2.10. The van der Waals surface area contributed by atoms with E-state index in [1.807, 2.05) is 37.3 Å². The van der Waals surface area contributed by atoms with E-state index in [4.69, 9.17) is 15.2 Å². The van der Waals surface area contributed by atoms with E-state index in [0.29, 0.717) is 22.7 Å². The summed E-state index contributed by atoms with van der Waals surface area (Å²) in [5.41, 5.74) is 7.51. The summed E-state index contributed by atoms with van der Waals surface area (Å²) in [5, 5.41) is 2.80. The maximum atomic E-state index is 12.4. The molecule has 0 bridgehead atoms. The maximum absolute atomic E-state index is 12.4. The number of nitrogens with two attached hydrogens (primary N) is 1. The molecule has 0 fully saturated rings. The van der Waals surface area contributed by atoms with Gasteiger partial charge in [-0.15, -0.1) is 0 Å². The molecule has 26 heavy (non-hydrogen) atoms. The van der Waals surface area contributed by atoms with E-state index in [0.717, 1.165) is 11.4 Å². The van der Waals surface area contributed by atoms with Crippen LogP contribution in [-0.2, 0) is 0 Å². The highest BCUT2D eigenvalue weighted by Gasteiger charge is 2.11. The molecule has 0 radical (unpaired) electrons. The molecule has 1 heterocycles. The molecule has 3 aromatic rings. The van der Waals surface area contributed by atoms with Crippen molar-refractivity contribution in [1.29, 1.82) is 0 Å². The van der Waals surface area contributed by atoms with Gasteiger partial charge in [-0.1, -0.05) is 6.07 Å². The van der Waals surface area contributed by atoms with E-state index in [-0.39, 0.29) is 11.7 Å². The first-order valence-electron chi connectivity index (χ1n) is 8.01. The van der Waals surface area contributed by atoms with Gasteiger partial charge in [0.25, 0.3) is 5.91 Å². The first kappa shape index (κ1) is 17.3. The van der Waals surface area contributed by atoms with E-state index >= 15 is 0 Å². The van der Waals surface area contributed by atoms with Crippen LogP contribution in [-0.4, -0.2) is 18.0 Å². The zero-order valence-corrected chi connectivity index (χ0v) is 14.5. The second-order valence-electron chi connectivity index (χ2n) is 5.64. The highest BCUT2D eigenvalue weighted by Crippen LogP contribution is 2.26. The molecular weight excluding hydrogens is 330 g/mol. The summed E-state index contributed by atoms with van der Waals surface area (Å²) < 4.78 is 10.9. The third kappa shape index (κ3) is 4.10. The number of rotatable bonds is 5. The van der Waals surface area contributed by atoms with Gasteiger partial charge in [-0.25, -0.2) is 4.98 Å². The fraction of sp³-hybridized carbons (Fsp3) is 0.100. The molecule has 0 unspecified atom stereocenters. The molecule has 0 saturated carbocycles. The molecule has 0 aliphatic rings. The molecule has 132 valence electrons. The van der Waals surface area contributed by atoms with E-state index < -0.39 is 0 Å². The molecule has 0 aliphatic heterocycles. The molecule has 1 amide bonds. The van der Waals surface area contributed by atoms with Crippen LogP contribution in [0.1, 0.15) is 16.1 Å². The first-order chi connectivity index (χ1) is 12.5. The van der Waals surface area contributed by atoms with Crippen LogP contribution in [0.3, 0.4) is 0 Å². The van der Waals surface area contributed by atoms with Gasteiger partial charge in [-0.3, -0.25) is 4.79 Å². The van der Waals surface area contributed by atoms with Crippen molar-refractivity contribution in [3.63, 3.8) is 0 Å². The lowest BCUT2D eigenvalue weighted by Crippen LogP contribution is -2.15. The zero-order chi connectivity index (χ0) is 18.5. The van der Waals surface area contributed by atoms with Gasteiger partial charge in [-0.2, -0.15) is 0 Å². The average Bonchev–Trinajstić information content (AvgIpc) is 2.62. The number of carbonyl (C=O) groups is 1. The molecule has 0 atom stereocenters. The van der Waals surface area contributed by atoms with Crippen molar-refractivity contribution in [3.8, 4) is 17.2 Å². The largest absolute Gasteiger partial charge is 0.497 e. The summed E-state index contributed by atoms with van der Waals surface area (Å²) >= 11 is 0. The quantitative estimate of drug-likeness (QED) is 0.726. The summed E-state index contributed by atoms with van der Waals surface area (Å²) in [5.74, 6) is 1.90. The van der Waals surface area contributed by atoms with Crippen molar-refractivity contribution in [3.05, 3.63) is 71.9 Å². The summed E-state index contributed by atoms with van der Waals surface area (Å²) in [6, 6.07) is 17.8. The van der Waals surface area contributed by atoms with Gasteiger partial charge in [0.15, 0.2) is 0 Å². The first-order valence-corrected chi connectivity index (χ1v) is 8.01. The van der Waals surface area contributed by atoms with Crippen LogP contribution in [0.4, 0.5) is 11.5 Å². The van der Waals surface area contributed by atoms with Gasteiger partial charge >= 0.3 is 0 Å². The lowest BCUT2D eigenvalue weighted by atomic mass is 10.2. The molecule has 0 saturated heterocycles. The normalized spacial score (nSPS) is 10.2. The predicted molar refractivity (Wildman–Crippen MR) is 101 cm³/mol. The van der Waals surface area contributed by atoms with Crippen molar-refractivity contribution >= 4 is 17.4 Å². The van der Waals surface area contributed by atoms with Crippen LogP contribution < -0.4 is 20.5 Å². The summed E-state index contributed by atoms with van der Waals surface area (Å²) in [4.78, 5) is 16.5. The van der Waals surface area contributed by atoms with Crippen LogP contribution in [0.5, 0.6) is 17.2 Å². The smallest absolute Gasteiger partial charge is 0.259 e. The molecule has 6 nitrogen and oxygen atoms in total. The molecule has 3 rings (SSSR count). The Morgan fingerprint density at radius 2 is 1.73 bits per heavy atom. The number of nitrogens with zero attached hydrogens (tertiary/aromatic N) is 1. The van der Waals surface area contributed by atoms with Crippen LogP contribution in [0, 0.1) is 6.92 Å². The van der Waals surface area contributed by atoms with Crippen molar-refractivity contribution in [2.75, 3.05) is 18.2 Å². The lowest BCUT2D eigenvalue weighted by molar-refractivity contribution is 0.102. The number of aryl methyl sites for hydroxylation is 1. The number of hydrogen-bond acceptors (Lipinski definition) is 5. The summed E-state index contributed by atoms with van der Waals surface area (Å²) in [6.07, 6.45) is 0. The van der Waals surface area contributed by atoms with Gasteiger partial charge in [0.05, 0.1) is 12.7 Å². The van der Waals surface area contributed by atoms with Gasteiger partial charge in [0.1, 0.15) is 23.1 Å². The van der Waals surface area contributed by atoms with Crippen molar-refractivity contribution < 1.29 is 14.3 Å². The fourth-order valence-electron chi connectivity index (χ4n) is 2.38. The molecule has 1 aromatic heterocycles. The minimum absolute atomic E-state index is 0.202. The standard InChI is InChI=1S/C20H19N3O3/c1-13-6-11-18(19(21)22-13)20(24)23-14-4-3-5-17(12-14)26-16-9-7-15(25-2)8-10-16/h3-12H,1-2H3,(H2,21,22)(H,23,24). The number of hydrogen-bond donors (Lipinski definition) is 2. The Balaban J connectivity index is 1.73. The Morgan fingerprint density at radius 1 is 1.00 bits per heavy atom. The number of pyridine rings is 1. The number of benzene rings is 2. The third-order valence-electron chi connectivity index (χ3n) is 3.70. The Morgan fingerprint density at radius 3 is 2.42 bits per heavy atom. The van der Waals surface area contributed by atoms with Crippen LogP contribution in [0.2, 0.25) is 0 Å². The van der Waals surface area contributed by atoms with Gasteiger partial charge in [0, 0.05) is 17.4 Å². The van der Waals surface area contributed by atoms with Crippen molar-refractivity contribution in [2.24, 2.45) is 0 Å². The van der Waals surface area contributed by atoms with Crippen LogP contribution in [0.15, 0.2) is 60.7 Å². The Hall–Kier alpha value is -3.54. The number of nitrogens with one attached hydrogen (secondary N) is 1. The fourth-order valence-corrected chi connectivity index (χ4v) is 2.38. The minimum atomic E-state index is -0.323. The van der Waals surface area contributed by atoms with Crippen LogP contribution in [0.25, 0.3) is 0 Å². The minimum Gasteiger partial charge on any atom is -0.497 e. The Bertz CT molecular complexity index is 924. The van der Waals surface area contributed by atoms with Crippen molar-refractivity contribution in [1.82, 2.24) is 4.98 Å². The SMILES string of the molecule is COc1ccc(Oc2cccc(NC(=O)c3ccc(C)nc3N)c2)cc1. The molecule has 2 aromatic carbocycles. The average molecular weight is 349 g/mol. The molecule has 6 heteroatoms. The highest BCUT2D eigenvalue weighted by atomic mass is 16.5. The zero-order valence-electron chi connectivity index (χ0n) is 14.5. The summed E-state index contributed by atoms with van der Waals surface area (Å²) in [6.45, 7) is 1.82. The van der Waals surface area contributed by atoms with E-state index in [2.05, 4.69) is 10.3 Å². The Labute approximate surface area is 151 Å². The third-order valence-corrected chi connectivity index (χ3v) is 3.70. The number of carbonyl (C=O) groups excluding carboxylic acids is 1. The maximum Gasteiger partial charge on any atom is 0.259 e. The van der Waals surface area contributed by atoms with E-state index in [1.165, 1.54) is 0 Å². The summed E-state index contributed by atoms with van der Waals surface area (Å²) in [7, 11) is 1.61. The van der Waals surface area contributed by atoms with Crippen LogP contribution >= 0.6 is 0 Å². The molecule has 3 N–H and O–H groups in total. The van der Waals surface area contributed by atoms with E-state index in [9.17, 15) is 4.79 Å². The van der Waals surface area contributed by atoms with E-state index in [1.54, 1.807) is 37.4 Å². The van der Waals surface area contributed by atoms with Crippen molar-refractivity contribution in [2.45, 2.75) is 6.92 Å². The Kier molecular flexibility index (Phi) is 5.03. The monoisotopic (exact) mass is 349 g/mol. The number of ether oxygens (including phenoxy) is 2. The van der Waals surface area contributed by atoms with Gasteiger partial charge < -0.3 is 20.5 Å². The molecule has 0 spiro atoms. The molecule has 0 aliphatic carbocycles. The topological polar surface area (TPSA) is 86.5 Å². The number of aromatic nitrogens is 1. The second-order valence-corrected chi connectivity index (χ2v) is 5.64. The number of anilines is 2. The highest BCUT2D eigenvalue weighted by molar-refractivity contribution is 6.07. The van der Waals surface area contributed by atoms with Gasteiger partial charge in [0.2, 0.25) is 0 Å².